The molecule has 2 saturated heterocycles. The van der Waals surface area contributed by atoms with E-state index in [0.717, 1.165) is 19.5 Å². The SMILES string of the molecule is CC[C@@H](O)CN1CCN(C(=O)[C@H]2CCS(=O)(=O)C2)CC1. The average Bonchev–Trinajstić information content (AvgIpc) is 2.79. The molecule has 2 heterocycles. The van der Waals surface area contributed by atoms with Gasteiger partial charge < -0.3 is 10.0 Å². The average molecular weight is 304 g/mol. The van der Waals surface area contributed by atoms with Crippen LogP contribution in [0.3, 0.4) is 0 Å². The smallest absolute Gasteiger partial charge is 0.226 e. The van der Waals surface area contributed by atoms with Crippen molar-refractivity contribution in [1.29, 1.82) is 0 Å². The lowest BCUT2D eigenvalue weighted by molar-refractivity contribution is -0.136. The van der Waals surface area contributed by atoms with Gasteiger partial charge in [-0.3, -0.25) is 9.69 Å². The molecule has 2 fully saturated rings. The van der Waals surface area contributed by atoms with Crippen molar-refractivity contribution in [1.82, 2.24) is 9.80 Å². The molecule has 1 amide bonds. The lowest BCUT2D eigenvalue weighted by Crippen LogP contribution is -2.51. The monoisotopic (exact) mass is 304 g/mol. The lowest BCUT2D eigenvalue weighted by Gasteiger charge is -2.36. The van der Waals surface area contributed by atoms with E-state index in [1.165, 1.54) is 0 Å². The van der Waals surface area contributed by atoms with Crippen LogP contribution in [0.25, 0.3) is 0 Å². The fourth-order valence-electron chi connectivity index (χ4n) is 2.83. The van der Waals surface area contributed by atoms with Gasteiger partial charge in [0.05, 0.1) is 23.5 Å². The Balaban J connectivity index is 1.80. The van der Waals surface area contributed by atoms with Crippen molar-refractivity contribution >= 4 is 15.7 Å². The fraction of sp³-hybridized carbons (Fsp3) is 0.923. The highest BCUT2D eigenvalue weighted by atomic mass is 32.2. The summed E-state index contributed by atoms with van der Waals surface area (Å²) in [5.41, 5.74) is 0. The molecule has 116 valence electrons. The second-order valence-corrected chi connectivity index (χ2v) is 8.02. The molecule has 0 aromatic rings. The van der Waals surface area contributed by atoms with Gasteiger partial charge in [-0.1, -0.05) is 6.92 Å². The summed E-state index contributed by atoms with van der Waals surface area (Å²) < 4.78 is 22.9. The highest BCUT2D eigenvalue weighted by Gasteiger charge is 2.36. The molecule has 1 N–H and O–H groups in total. The maximum absolute atomic E-state index is 12.3. The van der Waals surface area contributed by atoms with Gasteiger partial charge >= 0.3 is 0 Å². The van der Waals surface area contributed by atoms with Crippen molar-refractivity contribution in [2.24, 2.45) is 5.92 Å². The van der Waals surface area contributed by atoms with Crippen molar-refractivity contribution in [3.8, 4) is 0 Å². The Morgan fingerprint density at radius 1 is 1.30 bits per heavy atom. The summed E-state index contributed by atoms with van der Waals surface area (Å²) in [6.07, 6.45) is 0.895. The molecule has 0 aromatic heterocycles. The van der Waals surface area contributed by atoms with Crippen LogP contribution in [-0.4, -0.2) is 79.6 Å². The summed E-state index contributed by atoms with van der Waals surface area (Å²) >= 11 is 0. The number of aliphatic hydroxyl groups is 1. The van der Waals surface area contributed by atoms with Gasteiger partial charge in [-0.2, -0.15) is 0 Å². The van der Waals surface area contributed by atoms with E-state index in [4.69, 9.17) is 0 Å². The number of nitrogens with zero attached hydrogens (tertiary/aromatic N) is 2. The Morgan fingerprint density at radius 3 is 2.45 bits per heavy atom. The van der Waals surface area contributed by atoms with E-state index in [2.05, 4.69) is 4.90 Å². The van der Waals surface area contributed by atoms with Gasteiger partial charge in [0.2, 0.25) is 5.91 Å². The number of carbonyl (C=O) groups excluding carboxylic acids is 1. The van der Waals surface area contributed by atoms with Crippen LogP contribution in [0.2, 0.25) is 0 Å². The largest absolute Gasteiger partial charge is 0.392 e. The number of hydrogen-bond acceptors (Lipinski definition) is 5. The third kappa shape index (κ3) is 3.93. The Morgan fingerprint density at radius 2 is 1.95 bits per heavy atom. The second-order valence-electron chi connectivity index (χ2n) is 5.79. The van der Waals surface area contributed by atoms with Crippen molar-refractivity contribution in [3.63, 3.8) is 0 Å². The zero-order valence-corrected chi connectivity index (χ0v) is 12.8. The number of piperazine rings is 1. The number of aliphatic hydroxyl groups excluding tert-OH is 1. The van der Waals surface area contributed by atoms with Crippen LogP contribution < -0.4 is 0 Å². The van der Waals surface area contributed by atoms with Gasteiger partial charge in [-0.15, -0.1) is 0 Å². The van der Waals surface area contributed by atoms with Gasteiger partial charge in [-0.25, -0.2) is 8.42 Å². The van der Waals surface area contributed by atoms with Crippen LogP contribution in [0.15, 0.2) is 0 Å². The number of β-amino-alcohol motifs (C(OH)–C–C–N with tert-alkyl or cyclic N) is 1. The van der Waals surface area contributed by atoms with E-state index in [0.29, 0.717) is 26.1 Å². The first-order chi connectivity index (χ1) is 9.41. The predicted molar refractivity (Wildman–Crippen MR) is 76.1 cm³/mol. The highest BCUT2D eigenvalue weighted by molar-refractivity contribution is 7.91. The van der Waals surface area contributed by atoms with E-state index in [9.17, 15) is 18.3 Å². The minimum Gasteiger partial charge on any atom is -0.392 e. The molecule has 0 aromatic carbocycles. The minimum atomic E-state index is -3.00. The molecule has 0 unspecified atom stereocenters. The molecule has 2 atom stereocenters. The lowest BCUT2D eigenvalue weighted by atomic mass is 10.1. The summed E-state index contributed by atoms with van der Waals surface area (Å²) in [5, 5.41) is 9.63. The van der Waals surface area contributed by atoms with Crippen LogP contribution in [-0.2, 0) is 14.6 Å². The maximum atomic E-state index is 12.3. The molecule has 2 rings (SSSR count). The molecule has 0 radical (unpaired) electrons. The summed E-state index contributed by atoms with van der Waals surface area (Å²) in [6, 6.07) is 0. The summed E-state index contributed by atoms with van der Waals surface area (Å²) in [5.74, 6) is -0.193. The van der Waals surface area contributed by atoms with Gasteiger partial charge in [0, 0.05) is 32.7 Å². The molecule has 2 aliphatic heterocycles. The van der Waals surface area contributed by atoms with E-state index in [-0.39, 0.29) is 29.4 Å². The Bertz CT molecular complexity index is 443. The molecule has 0 aliphatic carbocycles. The Labute approximate surface area is 120 Å². The number of rotatable bonds is 4. The number of carbonyl (C=O) groups is 1. The van der Waals surface area contributed by atoms with E-state index in [1.807, 2.05) is 6.92 Å². The van der Waals surface area contributed by atoms with Crippen molar-refractivity contribution < 1.29 is 18.3 Å². The molecule has 2 aliphatic rings. The molecule has 20 heavy (non-hydrogen) atoms. The third-order valence-electron chi connectivity index (χ3n) is 4.21. The first-order valence-electron chi connectivity index (χ1n) is 7.31. The molecule has 0 spiro atoms. The van der Waals surface area contributed by atoms with E-state index < -0.39 is 9.84 Å². The number of amides is 1. The van der Waals surface area contributed by atoms with Crippen molar-refractivity contribution in [2.75, 3.05) is 44.2 Å². The first kappa shape index (κ1) is 15.7. The van der Waals surface area contributed by atoms with Gasteiger partial charge in [-0.05, 0) is 12.8 Å². The summed E-state index contributed by atoms with van der Waals surface area (Å²) in [4.78, 5) is 16.2. The minimum absolute atomic E-state index is 0.0123. The van der Waals surface area contributed by atoms with Gasteiger partial charge in [0.1, 0.15) is 0 Å². The molecule has 0 bridgehead atoms. The quantitative estimate of drug-likeness (QED) is 0.746. The van der Waals surface area contributed by atoms with Gasteiger partial charge in [0.15, 0.2) is 9.84 Å². The number of hydrogen-bond donors (Lipinski definition) is 1. The Kier molecular flexibility index (Phi) is 5.04. The second kappa shape index (κ2) is 6.41. The molecular formula is C13H24N2O4S. The van der Waals surface area contributed by atoms with Crippen LogP contribution in [0.5, 0.6) is 0 Å². The Hall–Kier alpha value is -0.660. The normalized spacial score (nSPS) is 28.5. The third-order valence-corrected chi connectivity index (χ3v) is 5.97. The van der Waals surface area contributed by atoms with Crippen LogP contribution >= 0.6 is 0 Å². The fourth-order valence-corrected chi connectivity index (χ4v) is 4.56. The van der Waals surface area contributed by atoms with Crippen molar-refractivity contribution in [3.05, 3.63) is 0 Å². The maximum Gasteiger partial charge on any atom is 0.226 e. The molecule has 0 saturated carbocycles. The molecule has 6 nitrogen and oxygen atoms in total. The first-order valence-corrected chi connectivity index (χ1v) is 9.13. The van der Waals surface area contributed by atoms with Crippen LogP contribution in [0.4, 0.5) is 0 Å². The topological polar surface area (TPSA) is 77.9 Å². The van der Waals surface area contributed by atoms with Crippen LogP contribution in [0.1, 0.15) is 19.8 Å². The van der Waals surface area contributed by atoms with Crippen LogP contribution in [0, 0.1) is 5.92 Å². The zero-order valence-electron chi connectivity index (χ0n) is 12.0. The standard InChI is InChI=1S/C13H24N2O4S/c1-2-12(16)9-14-4-6-15(7-5-14)13(17)11-3-8-20(18,19)10-11/h11-12,16H,2-10H2,1H3/t11-,12+/m0/s1. The van der Waals surface area contributed by atoms with Crippen molar-refractivity contribution in [2.45, 2.75) is 25.9 Å². The van der Waals surface area contributed by atoms with E-state index in [1.54, 1.807) is 4.90 Å². The highest BCUT2D eigenvalue weighted by Crippen LogP contribution is 2.21. The summed E-state index contributed by atoms with van der Waals surface area (Å²) in [6.45, 7) is 5.36. The molecular weight excluding hydrogens is 280 g/mol. The zero-order chi connectivity index (χ0) is 14.8. The number of sulfone groups is 1. The predicted octanol–water partition coefficient (Wildman–Crippen LogP) is -0.664. The van der Waals surface area contributed by atoms with E-state index >= 15 is 0 Å². The van der Waals surface area contributed by atoms with Gasteiger partial charge in [0.25, 0.3) is 0 Å². The molecule has 7 heteroatoms. The summed E-state index contributed by atoms with van der Waals surface area (Å²) in [7, 11) is -3.00.